The maximum absolute atomic E-state index is 12.3. The Morgan fingerprint density at radius 2 is 1.96 bits per heavy atom. The molecule has 0 bridgehead atoms. The summed E-state index contributed by atoms with van der Waals surface area (Å²) >= 11 is 0. The molecule has 3 aromatic rings. The second-order valence-corrected chi connectivity index (χ2v) is 6.14. The van der Waals surface area contributed by atoms with Gasteiger partial charge in [-0.25, -0.2) is 9.50 Å². The topological polar surface area (TPSA) is 112 Å². The normalized spacial score (nSPS) is 12.1. The maximum Gasteiger partial charge on any atom is 0.254 e. The van der Waals surface area contributed by atoms with E-state index in [0.717, 1.165) is 17.5 Å². The Balaban J connectivity index is 1.80. The molecule has 140 valence electrons. The van der Waals surface area contributed by atoms with Crippen LogP contribution in [0.3, 0.4) is 0 Å². The number of nitrogens with two attached hydrogens (primary N) is 1. The summed E-state index contributed by atoms with van der Waals surface area (Å²) in [4.78, 5) is 28.0. The van der Waals surface area contributed by atoms with E-state index >= 15 is 0 Å². The smallest absolute Gasteiger partial charge is 0.254 e. The summed E-state index contributed by atoms with van der Waals surface area (Å²) in [6.45, 7) is 2.47. The van der Waals surface area contributed by atoms with Gasteiger partial charge in [-0.2, -0.15) is 5.10 Å². The van der Waals surface area contributed by atoms with Crippen LogP contribution in [0.2, 0.25) is 0 Å². The molecule has 0 saturated heterocycles. The monoisotopic (exact) mass is 367 g/mol. The molecule has 3 rings (SSSR count). The van der Waals surface area contributed by atoms with Crippen molar-refractivity contribution in [3.63, 3.8) is 0 Å². The highest BCUT2D eigenvalue weighted by atomic mass is 16.5. The van der Waals surface area contributed by atoms with Gasteiger partial charge in [0.1, 0.15) is 5.56 Å². The van der Waals surface area contributed by atoms with E-state index in [9.17, 15) is 9.59 Å². The van der Waals surface area contributed by atoms with Crippen LogP contribution in [0.1, 0.15) is 34.1 Å². The van der Waals surface area contributed by atoms with Gasteiger partial charge in [0.15, 0.2) is 5.65 Å². The fraction of sp³-hybridized carbons (Fsp3) is 0.263. The summed E-state index contributed by atoms with van der Waals surface area (Å²) in [7, 11) is 1.61. The lowest BCUT2D eigenvalue weighted by Gasteiger charge is -2.16. The average molecular weight is 367 g/mol. The van der Waals surface area contributed by atoms with Gasteiger partial charge in [0.2, 0.25) is 0 Å². The Labute approximate surface area is 156 Å². The van der Waals surface area contributed by atoms with Crippen LogP contribution in [0, 0.1) is 0 Å². The van der Waals surface area contributed by atoms with Crippen molar-refractivity contribution < 1.29 is 14.3 Å². The summed E-state index contributed by atoms with van der Waals surface area (Å²) in [5, 5.41) is 7.06. The Bertz CT molecular complexity index is 965. The Kier molecular flexibility index (Phi) is 5.46. The lowest BCUT2D eigenvalue weighted by Crippen LogP contribution is -2.37. The molecule has 2 aromatic heterocycles. The molecule has 3 N–H and O–H groups in total. The second kappa shape index (κ2) is 7.96. The summed E-state index contributed by atoms with van der Waals surface area (Å²) in [6, 6.07) is 7.17. The van der Waals surface area contributed by atoms with E-state index in [1.54, 1.807) is 31.6 Å². The first-order valence-corrected chi connectivity index (χ1v) is 8.57. The maximum atomic E-state index is 12.3. The molecule has 0 fully saturated rings. The van der Waals surface area contributed by atoms with Crippen molar-refractivity contribution in [3.8, 4) is 11.1 Å². The van der Waals surface area contributed by atoms with Crippen LogP contribution >= 0.6 is 0 Å². The van der Waals surface area contributed by atoms with Crippen LogP contribution in [0.15, 0.2) is 42.9 Å². The first-order valence-electron chi connectivity index (χ1n) is 8.57. The first kappa shape index (κ1) is 18.5. The summed E-state index contributed by atoms with van der Waals surface area (Å²) in [5.74, 6) is -0.711. The minimum atomic E-state index is -0.570. The van der Waals surface area contributed by atoms with E-state index in [1.807, 2.05) is 19.1 Å². The van der Waals surface area contributed by atoms with Gasteiger partial charge in [-0.05, 0) is 24.1 Å². The average Bonchev–Trinajstić information content (AvgIpc) is 3.11. The molecule has 27 heavy (non-hydrogen) atoms. The lowest BCUT2D eigenvalue weighted by molar-refractivity contribution is 0.0894. The molecule has 2 heterocycles. The zero-order chi connectivity index (χ0) is 19.4. The Hall–Kier alpha value is -3.26. The second-order valence-electron chi connectivity index (χ2n) is 6.14. The van der Waals surface area contributed by atoms with Gasteiger partial charge in [0.05, 0.1) is 18.8 Å². The standard InChI is InChI=1S/C19H21N5O3/c1-3-15(11-27-2)23-19(26)13-6-4-12(5-7-13)14-8-21-18-16(17(20)25)9-22-24(18)10-14/h4-10,15H,3,11H2,1-2H3,(H2,20,25)(H,23,26)/t15-/m1/s1. The predicted molar refractivity (Wildman–Crippen MR) is 100 cm³/mol. The van der Waals surface area contributed by atoms with Crippen LogP contribution in [0.25, 0.3) is 16.8 Å². The number of amides is 2. The number of methoxy groups -OCH3 is 1. The van der Waals surface area contributed by atoms with E-state index in [2.05, 4.69) is 15.4 Å². The number of nitrogens with one attached hydrogen (secondary N) is 1. The fourth-order valence-corrected chi connectivity index (χ4v) is 2.74. The number of hydrogen-bond acceptors (Lipinski definition) is 5. The van der Waals surface area contributed by atoms with Crippen molar-refractivity contribution in [2.45, 2.75) is 19.4 Å². The number of carbonyl (C=O) groups excluding carboxylic acids is 2. The molecule has 2 amide bonds. The van der Waals surface area contributed by atoms with Crippen molar-refractivity contribution in [1.82, 2.24) is 19.9 Å². The number of carbonyl (C=O) groups is 2. The summed E-state index contributed by atoms with van der Waals surface area (Å²) in [5.41, 5.74) is 8.23. The number of primary amides is 1. The van der Waals surface area contributed by atoms with Crippen molar-refractivity contribution in [2.24, 2.45) is 5.73 Å². The lowest BCUT2D eigenvalue weighted by atomic mass is 10.1. The van der Waals surface area contributed by atoms with Gasteiger partial charge in [-0.1, -0.05) is 19.1 Å². The number of benzene rings is 1. The number of ether oxygens (including phenoxy) is 1. The molecule has 0 saturated carbocycles. The molecule has 1 atom stereocenters. The highest BCUT2D eigenvalue weighted by molar-refractivity contribution is 5.98. The Morgan fingerprint density at radius 3 is 2.59 bits per heavy atom. The quantitative estimate of drug-likeness (QED) is 0.659. The predicted octanol–water partition coefficient (Wildman–Crippen LogP) is 1.65. The zero-order valence-electron chi connectivity index (χ0n) is 15.2. The molecule has 0 aliphatic carbocycles. The van der Waals surface area contributed by atoms with Crippen LogP contribution in [0.5, 0.6) is 0 Å². The van der Waals surface area contributed by atoms with Crippen molar-refractivity contribution >= 4 is 17.5 Å². The SMILES string of the molecule is CC[C@H](COC)NC(=O)c1ccc(-c2cnc3c(C(N)=O)cnn3c2)cc1. The zero-order valence-corrected chi connectivity index (χ0v) is 15.2. The van der Waals surface area contributed by atoms with Gasteiger partial charge in [-0.15, -0.1) is 0 Å². The number of fused-ring (bicyclic) bond motifs is 1. The van der Waals surface area contributed by atoms with Crippen LogP contribution in [-0.4, -0.2) is 46.2 Å². The third kappa shape index (κ3) is 3.95. The molecule has 0 aliphatic rings. The van der Waals surface area contributed by atoms with E-state index in [1.165, 1.54) is 10.7 Å². The third-order valence-corrected chi connectivity index (χ3v) is 4.30. The van der Waals surface area contributed by atoms with Crippen molar-refractivity contribution in [2.75, 3.05) is 13.7 Å². The molecule has 0 aliphatic heterocycles. The number of aromatic nitrogens is 3. The highest BCUT2D eigenvalue weighted by Crippen LogP contribution is 2.20. The van der Waals surface area contributed by atoms with Crippen molar-refractivity contribution in [1.29, 1.82) is 0 Å². The van der Waals surface area contributed by atoms with Gasteiger partial charge in [0, 0.05) is 30.6 Å². The van der Waals surface area contributed by atoms with Crippen LogP contribution < -0.4 is 11.1 Å². The van der Waals surface area contributed by atoms with Crippen LogP contribution in [0.4, 0.5) is 0 Å². The molecule has 0 spiro atoms. The largest absolute Gasteiger partial charge is 0.383 e. The third-order valence-electron chi connectivity index (χ3n) is 4.30. The van der Waals surface area contributed by atoms with Crippen LogP contribution in [-0.2, 0) is 4.74 Å². The van der Waals surface area contributed by atoms with Crippen molar-refractivity contribution in [3.05, 3.63) is 54.0 Å². The minimum absolute atomic E-state index is 0.0203. The Morgan fingerprint density at radius 1 is 1.22 bits per heavy atom. The molecule has 8 nitrogen and oxygen atoms in total. The minimum Gasteiger partial charge on any atom is -0.383 e. The summed E-state index contributed by atoms with van der Waals surface area (Å²) in [6.07, 6.45) is 5.59. The van der Waals surface area contributed by atoms with E-state index in [4.69, 9.17) is 10.5 Å². The molecule has 0 radical (unpaired) electrons. The van der Waals surface area contributed by atoms with E-state index in [-0.39, 0.29) is 17.5 Å². The number of hydrogen-bond donors (Lipinski definition) is 2. The first-order chi connectivity index (χ1) is 13.0. The van der Waals surface area contributed by atoms with E-state index in [0.29, 0.717) is 17.8 Å². The van der Waals surface area contributed by atoms with Gasteiger partial charge in [-0.3, -0.25) is 9.59 Å². The summed E-state index contributed by atoms with van der Waals surface area (Å²) < 4.78 is 6.61. The number of rotatable bonds is 7. The molecular weight excluding hydrogens is 346 g/mol. The molecular formula is C19H21N5O3. The highest BCUT2D eigenvalue weighted by Gasteiger charge is 2.13. The van der Waals surface area contributed by atoms with Gasteiger partial charge < -0.3 is 15.8 Å². The fourth-order valence-electron chi connectivity index (χ4n) is 2.74. The number of nitrogens with zero attached hydrogens (tertiary/aromatic N) is 3. The van der Waals surface area contributed by atoms with Gasteiger partial charge in [0.25, 0.3) is 11.8 Å². The molecule has 0 unspecified atom stereocenters. The van der Waals surface area contributed by atoms with Gasteiger partial charge >= 0.3 is 0 Å². The molecule has 1 aromatic carbocycles. The van der Waals surface area contributed by atoms with E-state index < -0.39 is 5.91 Å². The molecule has 8 heteroatoms.